The van der Waals surface area contributed by atoms with Gasteiger partial charge in [0.05, 0.1) is 16.1 Å². The van der Waals surface area contributed by atoms with Gasteiger partial charge in [-0.25, -0.2) is 13.1 Å². The molecule has 1 heterocycles. The van der Waals surface area contributed by atoms with Crippen LogP contribution in [0.4, 0.5) is 5.69 Å². The molecule has 8 heteroatoms. The van der Waals surface area contributed by atoms with Crippen LogP contribution in [0, 0.1) is 0 Å². The molecule has 1 atom stereocenters. The third-order valence-corrected chi connectivity index (χ3v) is 5.16. The number of nitrogens with two attached hydrogens (primary N) is 1. The molecular formula is C11H14Cl2N2O3S. The third kappa shape index (κ3) is 3.52. The second-order valence-electron chi connectivity index (χ2n) is 4.30. The number of nitrogen functional groups attached to an aromatic ring is 1. The molecule has 1 unspecified atom stereocenters. The van der Waals surface area contributed by atoms with Gasteiger partial charge in [0.1, 0.15) is 4.90 Å². The van der Waals surface area contributed by atoms with E-state index in [0.29, 0.717) is 12.3 Å². The largest absolute Gasteiger partial charge is 0.399 e. The Morgan fingerprint density at radius 3 is 2.53 bits per heavy atom. The van der Waals surface area contributed by atoms with Crippen molar-refractivity contribution in [3.8, 4) is 0 Å². The van der Waals surface area contributed by atoms with Crippen LogP contribution < -0.4 is 10.5 Å². The van der Waals surface area contributed by atoms with E-state index in [1.54, 1.807) is 0 Å². The number of nitrogens with one attached hydrogen (secondary N) is 1. The quantitative estimate of drug-likeness (QED) is 0.830. The van der Waals surface area contributed by atoms with Crippen LogP contribution in [0.1, 0.15) is 12.8 Å². The zero-order chi connectivity index (χ0) is 14.0. The number of hydrogen-bond donors (Lipinski definition) is 2. The molecule has 0 spiro atoms. The van der Waals surface area contributed by atoms with E-state index in [0.717, 1.165) is 12.8 Å². The molecular weight excluding hydrogens is 311 g/mol. The van der Waals surface area contributed by atoms with Crippen molar-refractivity contribution in [3.05, 3.63) is 22.2 Å². The second kappa shape index (κ2) is 5.85. The minimum atomic E-state index is -3.78. The Hall–Kier alpha value is -0.530. The van der Waals surface area contributed by atoms with Crippen LogP contribution in [0.2, 0.25) is 10.0 Å². The zero-order valence-electron chi connectivity index (χ0n) is 10.0. The molecule has 0 aromatic heterocycles. The molecule has 1 aliphatic heterocycles. The van der Waals surface area contributed by atoms with E-state index in [1.165, 1.54) is 12.1 Å². The first kappa shape index (κ1) is 14.9. The Morgan fingerprint density at radius 2 is 2.00 bits per heavy atom. The van der Waals surface area contributed by atoms with E-state index in [9.17, 15) is 8.42 Å². The molecule has 0 amide bonds. The predicted molar refractivity (Wildman–Crippen MR) is 75.0 cm³/mol. The molecule has 3 N–H and O–H groups in total. The first-order valence-electron chi connectivity index (χ1n) is 5.76. The van der Waals surface area contributed by atoms with Crippen molar-refractivity contribution in [1.82, 2.24) is 4.72 Å². The van der Waals surface area contributed by atoms with Crippen LogP contribution in [0.5, 0.6) is 0 Å². The maximum atomic E-state index is 12.2. The van der Waals surface area contributed by atoms with Crippen molar-refractivity contribution < 1.29 is 13.2 Å². The van der Waals surface area contributed by atoms with E-state index in [4.69, 9.17) is 33.7 Å². The number of halogens is 2. The Labute approximate surface area is 122 Å². The SMILES string of the molecule is Nc1cc(Cl)c(S(=O)(=O)NCC2CCCO2)c(Cl)c1. The van der Waals surface area contributed by atoms with Crippen molar-refractivity contribution in [1.29, 1.82) is 0 Å². The summed E-state index contributed by atoms with van der Waals surface area (Å²) in [5.74, 6) is 0. The lowest BCUT2D eigenvalue weighted by molar-refractivity contribution is 0.114. The lowest BCUT2D eigenvalue weighted by atomic mass is 10.2. The molecule has 1 aromatic carbocycles. The fourth-order valence-electron chi connectivity index (χ4n) is 1.92. The second-order valence-corrected chi connectivity index (χ2v) is 6.82. The summed E-state index contributed by atoms with van der Waals surface area (Å²) in [6.45, 7) is 0.870. The number of sulfonamides is 1. The van der Waals surface area contributed by atoms with Gasteiger partial charge in [0.15, 0.2) is 0 Å². The first-order chi connectivity index (χ1) is 8.90. The topological polar surface area (TPSA) is 81.4 Å². The number of hydrogen-bond acceptors (Lipinski definition) is 4. The Bertz CT molecular complexity index is 548. The van der Waals surface area contributed by atoms with Gasteiger partial charge in [-0.2, -0.15) is 0 Å². The van der Waals surface area contributed by atoms with Gasteiger partial charge in [-0.3, -0.25) is 0 Å². The molecule has 0 radical (unpaired) electrons. The van der Waals surface area contributed by atoms with Crippen LogP contribution in [0.15, 0.2) is 17.0 Å². The van der Waals surface area contributed by atoms with Crippen molar-refractivity contribution in [3.63, 3.8) is 0 Å². The summed E-state index contributed by atoms with van der Waals surface area (Å²) in [4.78, 5) is -0.150. The zero-order valence-corrected chi connectivity index (χ0v) is 12.4. The summed E-state index contributed by atoms with van der Waals surface area (Å²) in [5, 5.41) is 0.00896. The predicted octanol–water partition coefficient (Wildman–Crippen LogP) is 2.03. The number of ether oxygens (including phenoxy) is 1. The van der Waals surface area contributed by atoms with Gasteiger partial charge in [0.2, 0.25) is 10.0 Å². The molecule has 1 fully saturated rings. The summed E-state index contributed by atoms with van der Waals surface area (Å²) in [6, 6.07) is 2.71. The molecule has 1 aromatic rings. The van der Waals surface area contributed by atoms with E-state index in [1.807, 2.05) is 0 Å². The van der Waals surface area contributed by atoms with Crippen molar-refractivity contribution in [2.45, 2.75) is 23.8 Å². The first-order valence-corrected chi connectivity index (χ1v) is 8.00. The van der Waals surface area contributed by atoms with E-state index in [2.05, 4.69) is 4.72 Å². The van der Waals surface area contributed by atoms with Crippen molar-refractivity contribution in [2.24, 2.45) is 0 Å². The standard InChI is InChI=1S/C11H14Cl2N2O3S/c12-9-4-7(14)5-10(13)11(9)19(16,17)15-6-8-2-1-3-18-8/h4-5,8,15H,1-3,6,14H2. The molecule has 19 heavy (non-hydrogen) atoms. The van der Waals surface area contributed by atoms with Crippen LogP contribution in [-0.4, -0.2) is 27.7 Å². The number of benzene rings is 1. The average molecular weight is 325 g/mol. The molecule has 0 saturated carbocycles. The highest BCUT2D eigenvalue weighted by molar-refractivity contribution is 7.89. The Morgan fingerprint density at radius 1 is 1.37 bits per heavy atom. The van der Waals surface area contributed by atoms with Gasteiger partial charge >= 0.3 is 0 Å². The lowest BCUT2D eigenvalue weighted by Gasteiger charge is -2.13. The molecule has 1 saturated heterocycles. The monoisotopic (exact) mass is 324 g/mol. The van der Waals surface area contributed by atoms with E-state index in [-0.39, 0.29) is 27.6 Å². The summed E-state index contributed by atoms with van der Waals surface area (Å²) < 4.78 is 32.1. The van der Waals surface area contributed by atoms with Gasteiger partial charge in [0.25, 0.3) is 0 Å². The smallest absolute Gasteiger partial charge is 0.243 e. The lowest BCUT2D eigenvalue weighted by Crippen LogP contribution is -2.32. The summed E-state index contributed by atoms with van der Waals surface area (Å²) in [7, 11) is -3.78. The maximum Gasteiger partial charge on any atom is 0.243 e. The normalized spacial score (nSPS) is 19.8. The molecule has 5 nitrogen and oxygen atoms in total. The van der Waals surface area contributed by atoms with Gasteiger partial charge in [-0.15, -0.1) is 0 Å². The van der Waals surface area contributed by atoms with E-state index >= 15 is 0 Å². The van der Waals surface area contributed by atoms with Gasteiger partial charge in [0, 0.05) is 18.8 Å². The summed E-state index contributed by atoms with van der Waals surface area (Å²) in [6.07, 6.45) is 1.68. The minimum Gasteiger partial charge on any atom is -0.399 e. The van der Waals surface area contributed by atoms with Crippen LogP contribution in [0.3, 0.4) is 0 Å². The van der Waals surface area contributed by atoms with Crippen LogP contribution in [-0.2, 0) is 14.8 Å². The Kier molecular flexibility index (Phi) is 4.58. The van der Waals surface area contributed by atoms with Gasteiger partial charge < -0.3 is 10.5 Å². The van der Waals surface area contributed by atoms with Gasteiger partial charge in [-0.1, -0.05) is 23.2 Å². The number of rotatable bonds is 4. The van der Waals surface area contributed by atoms with Crippen LogP contribution in [0.25, 0.3) is 0 Å². The molecule has 0 bridgehead atoms. The maximum absolute atomic E-state index is 12.2. The highest BCUT2D eigenvalue weighted by Crippen LogP contribution is 2.31. The highest BCUT2D eigenvalue weighted by atomic mass is 35.5. The fraction of sp³-hybridized carbons (Fsp3) is 0.455. The summed E-state index contributed by atoms with van der Waals surface area (Å²) >= 11 is 11.8. The highest BCUT2D eigenvalue weighted by Gasteiger charge is 2.24. The van der Waals surface area contributed by atoms with E-state index < -0.39 is 10.0 Å². The van der Waals surface area contributed by atoms with Gasteiger partial charge in [-0.05, 0) is 25.0 Å². The molecule has 2 rings (SSSR count). The fourth-order valence-corrected chi connectivity index (χ4v) is 4.21. The molecule has 1 aliphatic rings. The molecule has 106 valence electrons. The summed E-state index contributed by atoms with van der Waals surface area (Å²) in [5.41, 5.74) is 5.85. The van der Waals surface area contributed by atoms with Crippen LogP contribution >= 0.6 is 23.2 Å². The third-order valence-electron chi connectivity index (χ3n) is 2.81. The average Bonchev–Trinajstić information content (AvgIpc) is 2.77. The number of anilines is 1. The van der Waals surface area contributed by atoms with Crippen molar-refractivity contribution in [2.75, 3.05) is 18.9 Å². The Balaban J connectivity index is 2.19. The minimum absolute atomic E-state index is 0.00448. The molecule has 0 aliphatic carbocycles. The van der Waals surface area contributed by atoms with Crippen molar-refractivity contribution >= 4 is 38.9 Å².